The zero-order valence-corrected chi connectivity index (χ0v) is 12.3. The van der Waals surface area contributed by atoms with Crippen LogP contribution in [0.4, 0.5) is 5.69 Å². The van der Waals surface area contributed by atoms with Crippen molar-refractivity contribution in [3.8, 4) is 0 Å². The summed E-state index contributed by atoms with van der Waals surface area (Å²) in [5, 5.41) is 0. The van der Waals surface area contributed by atoms with Crippen LogP contribution < -0.4 is 0 Å². The standard InChI is InChI=1S/C13H9N.U/c1-3-7-12(8-4-1)11-14-13-9-5-2-6-10-13;/h1-9H;/q-2;+2. The molecule has 2 aromatic rings. The van der Waals surface area contributed by atoms with Gasteiger partial charge in [0.1, 0.15) is 0 Å². The van der Waals surface area contributed by atoms with Crippen molar-refractivity contribution < 1.29 is 31.1 Å². The maximum Gasteiger partial charge on any atom is 2.00 e. The van der Waals surface area contributed by atoms with E-state index in [0.29, 0.717) is 0 Å². The summed E-state index contributed by atoms with van der Waals surface area (Å²) in [7, 11) is 0. The van der Waals surface area contributed by atoms with Crippen molar-refractivity contribution in [2.24, 2.45) is 4.99 Å². The second-order valence-electron chi connectivity index (χ2n) is 2.84. The van der Waals surface area contributed by atoms with Gasteiger partial charge in [-0.05, 0) is 6.21 Å². The zero-order chi connectivity index (χ0) is 9.64. The van der Waals surface area contributed by atoms with E-state index in [9.17, 15) is 0 Å². The molecule has 0 saturated carbocycles. The predicted molar refractivity (Wildman–Crippen MR) is 57.9 cm³/mol. The summed E-state index contributed by atoms with van der Waals surface area (Å²) in [6.45, 7) is 0. The van der Waals surface area contributed by atoms with Crippen LogP contribution in [-0.4, -0.2) is 6.21 Å². The van der Waals surface area contributed by atoms with Crippen molar-refractivity contribution in [3.05, 3.63) is 66.2 Å². The van der Waals surface area contributed by atoms with Gasteiger partial charge in [-0.1, -0.05) is 6.07 Å². The molecule has 0 aliphatic rings. The Morgan fingerprint density at radius 3 is 2.33 bits per heavy atom. The summed E-state index contributed by atoms with van der Waals surface area (Å²) < 4.78 is 0. The van der Waals surface area contributed by atoms with Crippen LogP contribution in [0.2, 0.25) is 0 Å². The first kappa shape index (κ1) is 12.2. The summed E-state index contributed by atoms with van der Waals surface area (Å²) >= 11 is 0. The van der Waals surface area contributed by atoms with Gasteiger partial charge < -0.3 is 4.99 Å². The molecule has 0 radical (unpaired) electrons. The first-order valence-electron chi connectivity index (χ1n) is 4.44. The minimum atomic E-state index is 0. The quantitative estimate of drug-likeness (QED) is 0.526. The average Bonchev–Trinajstić information content (AvgIpc) is 2.29. The van der Waals surface area contributed by atoms with Gasteiger partial charge in [0.15, 0.2) is 0 Å². The number of hydrogen-bond donors (Lipinski definition) is 0. The minimum Gasteiger partial charge on any atom is -0.378 e. The van der Waals surface area contributed by atoms with Crippen molar-refractivity contribution in [1.82, 2.24) is 0 Å². The molecule has 2 aromatic carbocycles. The number of rotatable bonds is 2. The van der Waals surface area contributed by atoms with Crippen LogP contribution in [0.3, 0.4) is 0 Å². The van der Waals surface area contributed by atoms with Gasteiger partial charge in [-0.2, -0.15) is 24.3 Å². The molecule has 2 heteroatoms. The number of nitrogens with zero attached hydrogens (tertiary/aromatic N) is 1. The van der Waals surface area contributed by atoms with Crippen LogP contribution in [0.1, 0.15) is 5.56 Å². The molecule has 0 spiro atoms. The molecule has 70 valence electrons. The Kier molecular flexibility index (Phi) is 5.39. The number of aliphatic imine (C=N–C) groups is 1. The second-order valence-corrected chi connectivity index (χ2v) is 2.84. The van der Waals surface area contributed by atoms with Crippen LogP contribution >= 0.6 is 0 Å². The van der Waals surface area contributed by atoms with Crippen LogP contribution in [0.5, 0.6) is 0 Å². The molecule has 2 rings (SSSR count). The SMILES string of the molecule is [C-](=Nc1[c-]cccc1)c1ccccc1.[U+2]. The van der Waals surface area contributed by atoms with E-state index in [-0.39, 0.29) is 31.1 Å². The van der Waals surface area contributed by atoms with Crippen molar-refractivity contribution in [3.63, 3.8) is 0 Å². The van der Waals surface area contributed by atoms with Crippen molar-refractivity contribution >= 4 is 11.9 Å². The largest absolute Gasteiger partial charge is 2.00 e. The van der Waals surface area contributed by atoms with E-state index in [4.69, 9.17) is 0 Å². The smallest absolute Gasteiger partial charge is 0.378 e. The fraction of sp³-hybridized carbons (Fsp3) is 0. The Morgan fingerprint density at radius 2 is 1.67 bits per heavy atom. The molecule has 0 unspecified atom stereocenters. The van der Waals surface area contributed by atoms with Crippen molar-refractivity contribution in [2.75, 3.05) is 0 Å². The third kappa shape index (κ3) is 4.03. The van der Waals surface area contributed by atoms with Crippen molar-refractivity contribution in [1.29, 1.82) is 0 Å². The first-order chi connectivity index (χ1) is 6.95. The monoisotopic (exact) mass is 417 g/mol. The molecule has 0 saturated heterocycles. The molecule has 0 fully saturated rings. The van der Waals surface area contributed by atoms with E-state index in [2.05, 4.69) is 17.3 Å². The third-order valence-corrected chi connectivity index (χ3v) is 1.77. The summed E-state index contributed by atoms with van der Waals surface area (Å²) in [6.07, 6.45) is 2.95. The Bertz CT molecular complexity index is 368. The fourth-order valence-electron chi connectivity index (χ4n) is 1.09. The topological polar surface area (TPSA) is 12.4 Å². The number of benzene rings is 2. The van der Waals surface area contributed by atoms with E-state index in [1.165, 1.54) is 0 Å². The molecule has 0 bridgehead atoms. The Balaban J connectivity index is 0.00000112. The van der Waals surface area contributed by atoms with E-state index in [1.807, 2.05) is 54.6 Å². The minimum absolute atomic E-state index is 0. The van der Waals surface area contributed by atoms with E-state index in [0.717, 1.165) is 11.3 Å². The Hall–Kier alpha value is -0.838. The summed E-state index contributed by atoms with van der Waals surface area (Å²) in [6, 6.07) is 20.4. The molecule has 1 nitrogen and oxygen atoms in total. The molecule has 0 atom stereocenters. The zero-order valence-electron chi connectivity index (χ0n) is 8.14. The van der Waals surface area contributed by atoms with Crippen molar-refractivity contribution in [2.45, 2.75) is 0 Å². The normalized spacial score (nSPS) is 9.87. The van der Waals surface area contributed by atoms with Gasteiger partial charge in [0.05, 0.1) is 0 Å². The molecular weight excluding hydrogens is 408 g/mol. The summed E-state index contributed by atoms with van der Waals surface area (Å²) in [4.78, 5) is 4.17. The van der Waals surface area contributed by atoms with Gasteiger partial charge in [0.25, 0.3) is 0 Å². The molecule has 0 aromatic heterocycles. The summed E-state index contributed by atoms with van der Waals surface area (Å²) in [5.41, 5.74) is 1.78. The van der Waals surface area contributed by atoms with Crippen LogP contribution in [-0.2, 0) is 0 Å². The van der Waals surface area contributed by atoms with Crippen LogP contribution in [0.25, 0.3) is 0 Å². The molecule has 0 aliphatic heterocycles. The molecule has 0 aliphatic carbocycles. The maximum atomic E-state index is 4.17. The average molecular weight is 417 g/mol. The number of para-hydroxylation sites is 1. The Morgan fingerprint density at radius 1 is 0.933 bits per heavy atom. The van der Waals surface area contributed by atoms with Gasteiger partial charge >= 0.3 is 31.1 Å². The van der Waals surface area contributed by atoms with E-state index >= 15 is 0 Å². The summed E-state index contributed by atoms with van der Waals surface area (Å²) in [5.74, 6) is 0. The Labute approximate surface area is 114 Å². The van der Waals surface area contributed by atoms with E-state index < -0.39 is 0 Å². The molecule has 0 amide bonds. The van der Waals surface area contributed by atoms with Gasteiger partial charge in [0.2, 0.25) is 0 Å². The van der Waals surface area contributed by atoms with Crippen LogP contribution in [0.15, 0.2) is 59.6 Å². The molecule has 0 N–H and O–H groups in total. The maximum absolute atomic E-state index is 4.17. The third-order valence-electron chi connectivity index (χ3n) is 1.77. The fourth-order valence-corrected chi connectivity index (χ4v) is 1.09. The first-order valence-corrected chi connectivity index (χ1v) is 4.44. The number of hydrogen-bond acceptors (Lipinski definition) is 1. The van der Waals surface area contributed by atoms with E-state index in [1.54, 1.807) is 0 Å². The molecule has 15 heavy (non-hydrogen) atoms. The second kappa shape index (κ2) is 6.61. The molecule has 0 heterocycles. The van der Waals surface area contributed by atoms with Gasteiger partial charge in [-0.3, -0.25) is 0 Å². The van der Waals surface area contributed by atoms with Crippen LogP contribution in [0, 0.1) is 37.2 Å². The van der Waals surface area contributed by atoms with Gasteiger partial charge in [0, 0.05) is 0 Å². The molecular formula is C13H9NU. The van der Waals surface area contributed by atoms with Gasteiger partial charge in [-0.25, -0.2) is 6.07 Å². The van der Waals surface area contributed by atoms with Gasteiger partial charge in [-0.15, -0.1) is 35.5 Å². The predicted octanol–water partition coefficient (Wildman–Crippen LogP) is 3.11.